The second-order valence-corrected chi connectivity index (χ2v) is 4.45. The van der Waals surface area contributed by atoms with Crippen LogP contribution in [0.4, 0.5) is 5.69 Å². The van der Waals surface area contributed by atoms with Crippen molar-refractivity contribution < 1.29 is 14.7 Å². The third kappa shape index (κ3) is 2.45. The number of carboxylic acid groups (broad SMARTS) is 1. The lowest BCUT2D eigenvalue weighted by molar-refractivity contribution is 0.0697. The number of anilines is 1. The molecule has 96 valence electrons. The van der Waals surface area contributed by atoms with Gasteiger partial charge >= 0.3 is 5.97 Å². The Labute approximate surface area is 105 Å². The predicted octanol–water partition coefficient (Wildman–Crippen LogP) is 1.47. The van der Waals surface area contributed by atoms with Crippen molar-refractivity contribution in [3.63, 3.8) is 0 Å². The second kappa shape index (κ2) is 5.08. The van der Waals surface area contributed by atoms with Gasteiger partial charge in [0.1, 0.15) is 0 Å². The number of piperidine rings is 1. The fourth-order valence-corrected chi connectivity index (χ4v) is 2.27. The lowest BCUT2D eigenvalue weighted by atomic mass is 10.0. The third-order valence-electron chi connectivity index (χ3n) is 3.21. The van der Waals surface area contributed by atoms with E-state index >= 15 is 0 Å². The first-order valence-electron chi connectivity index (χ1n) is 6.01. The number of benzene rings is 1. The summed E-state index contributed by atoms with van der Waals surface area (Å²) in [6.07, 6.45) is 3.31. The molecule has 0 aliphatic carbocycles. The highest BCUT2D eigenvalue weighted by atomic mass is 16.4. The van der Waals surface area contributed by atoms with Gasteiger partial charge in [0, 0.05) is 18.7 Å². The largest absolute Gasteiger partial charge is 0.478 e. The first-order valence-corrected chi connectivity index (χ1v) is 6.01. The number of nitrogens with two attached hydrogens (primary N) is 1. The third-order valence-corrected chi connectivity index (χ3v) is 3.21. The number of hydrogen-bond acceptors (Lipinski definition) is 3. The summed E-state index contributed by atoms with van der Waals surface area (Å²) in [4.78, 5) is 24.4. The van der Waals surface area contributed by atoms with Gasteiger partial charge in [-0.25, -0.2) is 4.79 Å². The first-order chi connectivity index (χ1) is 8.59. The Balaban J connectivity index is 2.39. The molecule has 1 saturated heterocycles. The normalized spacial score (nSPS) is 15.4. The van der Waals surface area contributed by atoms with E-state index in [9.17, 15) is 14.7 Å². The Morgan fingerprint density at radius 2 is 1.83 bits per heavy atom. The Morgan fingerprint density at radius 1 is 1.17 bits per heavy atom. The molecule has 2 rings (SSSR count). The summed E-state index contributed by atoms with van der Waals surface area (Å²) in [7, 11) is 0. The molecular weight excluding hydrogens is 232 g/mol. The number of hydrogen-bond donors (Lipinski definition) is 2. The summed E-state index contributed by atoms with van der Waals surface area (Å²) in [6, 6.07) is 4.61. The van der Waals surface area contributed by atoms with Crippen LogP contribution >= 0.6 is 0 Å². The van der Waals surface area contributed by atoms with E-state index < -0.39 is 11.9 Å². The highest BCUT2D eigenvalue weighted by molar-refractivity contribution is 6.00. The van der Waals surface area contributed by atoms with Crippen molar-refractivity contribution in [2.75, 3.05) is 18.0 Å². The number of primary amides is 1. The molecule has 1 aliphatic rings. The van der Waals surface area contributed by atoms with Crippen molar-refractivity contribution in [3.8, 4) is 0 Å². The molecule has 1 amide bonds. The average molecular weight is 248 g/mol. The number of amides is 1. The molecule has 18 heavy (non-hydrogen) atoms. The van der Waals surface area contributed by atoms with Crippen molar-refractivity contribution in [1.29, 1.82) is 0 Å². The van der Waals surface area contributed by atoms with E-state index in [1.54, 1.807) is 12.1 Å². The van der Waals surface area contributed by atoms with Gasteiger partial charge in [0.15, 0.2) is 0 Å². The number of rotatable bonds is 3. The molecule has 5 nitrogen and oxygen atoms in total. The smallest absolute Gasteiger partial charge is 0.337 e. The van der Waals surface area contributed by atoms with Crippen LogP contribution in [-0.4, -0.2) is 30.1 Å². The monoisotopic (exact) mass is 248 g/mol. The summed E-state index contributed by atoms with van der Waals surface area (Å²) in [5.74, 6) is -1.64. The average Bonchev–Trinajstić information content (AvgIpc) is 2.39. The van der Waals surface area contributed by atoms with Gasteiger partial charge in [-0.05, 0) is 37.5 Å². The van der Waals surface area contributed by atoms with Gasteiger partial charge in [-0.3, -0.25) is 4.79 Å². The first kappa shape index (κ1) is 12.4. The molecule has 3 N–H and O–H groups in total. The molecule has 0 unspecified atom stereocenters. The van der Waals surface area contributed by atoms with Gasteiger partial charge in [0.2, 0.25) is 5.91 Å². The van der Waals surface area contributed by atoms with Crippen LogP contribution in [-0.2, 0) is 0 Å². The van der Waals surface area contributed by atoms with Gasteiger partial charge in [0.05, 0.1) is 11.3 Å². The van der Waals surface area contributed by atoms with Crippen molar-refractivity contribution in [3.05, 3.63) is 29.3 Å². The number of nitrogens with zero attached hydrogens (tertiary/aromatic N) is 1. The standard InChI is InChI=1S/C13H16N2O3/c14-12(16)9-4-5-11(10(8-9)13(17)18)15-6-2-1-3-7-15/h4-5,8H,1-3,6-7H2,(H2,14,16)(H,17,18). The Morgan fingerprint density at radius 3 is 2.39 bits per heavy atom. The van der Waals surface area contributed by atoms with Gasteiger partial charge in [-0.1, -0.05) is 0 Å². The van der Waals surface area contributed by atoms with E-state index in [4.69, 9.17) is 5.73 Å². The van der Waals surface area contributed by atoms with Gasteiger partial charge in [0.25, 0.3) is 0 Å². The van der Waals surface area contributed by atoms with E-state index in [0.29, 0.717) is 5.69 Å². The van der Waals surface area contributed by atoms with E-state index in [1.165, 1.54) is 12.5 Å². The van der Waals surface area contributed by atoms with E-state index in [2.05, 4.69) is 4.90 Å². The highest BCUT2D eigenvalue weighted by Gasteiger charge is 2.19. The number of carboxylic acids is 1. The molecule has 0 aromatic heterocycles. The zero-order valence-corrected chi connectivity index (χ0v) is 10.1. The van der Waals surface area contributed by atoms with Crippen molar-refractivity contribution in [2.45, 2.75) is 19.3 Å². The van der Waals surface area contributed by atoms with Crippen LogP contribution in [0.2, 0.25) is 0 Å². The van der Waals surface area contributed by atoms with E-state index in [0.717, 1.165) is 25.9 Å². The number of carbonyl (C=O) groups excluding carboxylic acids is 1. The van der Waals surface area contributed by atoms with Crippen molar-refractivity contribution in [1.82, 2.24) is 0 Å². The maximum atomic E-state index is 11.3. The molecule has 0 saturated carbocycles. The van der Waals surface area contributed by atoms with Crippen LogP contribution in [0.1, 0.15) is 40.0 Å². The summed E-state index contributed by atoms with van der Waals surface area (Å²) in [5, 5.41) is 9.22. The second-order valence-electron chi connectivity index (χ2n) is 4.45. The SMILES string of the molecule is NC(=O)c1ccc(N2CCCCC2)c(C(=O)O)c1. The lowest BCUT2D eigenvalue weighted by Crippen LogP contribution is -2.31. The Bertz CT molecular complexity index is 479. The molecule has 0 spiro atoms. The summed E-state index contributed by atoms with van der Waals surface area (Å²) in [6.45, 7) is 1.71. The molecule has 1 aromatic rings. The zero-order chi connectivity index (χ0) is 13.1. The predicted molar refractivity (Wildman–Crippen MR) is 68.0 cm³/mol. The maximum Gasteiger partial charge on any atom is 0.337 e. The molecule has 1 aromatic carbocycles. The minimum absolute atomic E-state index is 0.146. The molecule has 0 bridgehead atoms. The number of aromatic carboxylic acids is 1. The quantitative estimate of drug-likeness (QED) is 0.848. The van der Waals surface area contributed by atoms with Gasteiger partial charge in [-0.15, -0.1) is 0 Å². The van der Waals surface area contributed by atoms with Crippen LogP contribution in [0.3, 0.4) is 0 Å². The molecule has 5 heteroatoms. The zero-order valence-electron chi connectivity index (χ0n) is 10.1. The lowest BCUT2D eigenvalue weighted by Gasteiger charge is -2.30. The minimum Gasteiger partial charge on any atom is -0.478 e. The van der Waals surface area contributed by atoms with E-state index in [1.807, 2.05) is 0 Å². The van der Waals surface area contributed by atoms with Crippen LogP contribution in [0.25, 0.3) is 0 Å². The molecule has 1 heterocycles. The van der Waals surface area contributed by atoms with Crippen LogP contribution < -0.4 is 10.6 Å². The fraction of sp³-hybridized carbons (Fsp3) is 0.385. The molecular formula is C13H16N2O3. The Hall–Kier alpha value is -2.04. The highest BCUT2D eigenvalue weighted by Crippen LogP contribution is 2.25. The van der Waals surface area contributed by atoms with Crippen LogP contribution in [0, 0.1) is 0 Å². The van der Waals surface area contributed by atoms with E-state index in [-0.39, 0.29) is 11.1 Å². The summed E-state index contributed by atoms with van der Waals surface area (Å²) >= 11 is 0. The van der Waals surface area contributed by atoms with Gasteiger partial charge in [-0.2, -0.15) is 0 Å². The molecule has 0 atom stereocenters. The molecule has 1 aliphatic heterocycles. The van der Waals surface area contributed by atoms with Crippen molar-refractivity contribution >= 4 is 17.6 Å². The van der Waals surface area contributed by atoms with Crippen LogP contribution in [0.15, 0.2) is 18.2 Å². The fourth-order valence-electron chi connectivity index (χ4n) is 2.27. The molecule has 0 radical (unpaired) electrons. The molecule has 1 fully saturated rings. The maximum absolute atomic E-state index is 11.3. The topological polar surface area (TPSA) is 83.6 Å². The Kier molecular flexibility index (Phi) is 3.50. The summed E-state index contributed by atoms with van der Waals surface area (Å²) < 4.78 is 0. The van der Waals surface area contributed by atoms with Crippen LogP contribution in [0.5, 0.6) is 0 Å². The minimum atomic E-state index is -1.03. The summed E-state index contributed by atoms with van der Waals surface area (Å²) in [5.41, 5.74) is 6.22. The van der Waals surface area contributed by atoms with Crippen molar-refractivity contribution in [2.24, 2.45) is 5.73 Å². The van der Waals surface area contributed by atoms with Gasteiger partial charge < -0.3 is 15.7 Å². The number of carbonyl (C=O) groups is 2.